The second-order valence-corrected chi connectivity index (χ2v) is 6.84. The van der Waals surface area contributed by atoms with E-state index in [1.54, 1.807) is 24.7 Å². The van der Waals surface area contributed by atoms with Crippen LogP contribution in [-0.2, 0) is 0 Å². The first-order valence-corrected chi connectivity index (χ1v) is 9.10. The summed E-state index contributed by atoms with van der Waals surface area (Å²) in [5.74, 6) is 0. The molecule has 0 fully saturated rings. The number of aromatic nitrogens is 3. The van der Waals surface area contributed by atoms with Gasteiger partial charge in [0, 0.05) is 34.6 Å². The predicted octanol–water partition coefficient (Wildman–Crippen LogP) is 4.71. The number of non-ortho nitro benzene ring substituents is 1. The summed E-state index contributed by atoms with van der Waals surface area (Å²) in [5.41, 5.74) is 4.14. The van der Waals surface area contributed by atoms with Crippen molar-refractivity contribution in [3.05, 3.63) is 93.0 Å². The zero-order valence-corrected chi connectivity index (χ0v) is 15.6. The van der Waals surface area contributed by atoms with E-state index in [2.05, 4.69) is 20.5 Å². The maximum absolute atomic E-state index is 11.7. The highest BCUT2D eigenvalue weighted by atomic mass is 35.5. The monoisotopic (exact) mass is 404 g/mol. The molecule has 9 heteroatoms. The SMILES string of the molecule is O=[N+]([O-])c1cc2c(c3cn[nH]c13)NC=C(c1ccc[nH]1)N=C2c1ccccc1Cl. The molecule has 0 atom stereocenters. The molecule has 3 N–H and O–H groups in total. The standard InChI is InChI=1S/C20H13ClN6O2/c21-14-5-2-1-4-11(14)19-12-8-17(27(28)29)20-13(9-24-26-20)18(12)23-10-16(25-19)15-6-3-7-22-15/h1-10,22-23H,(H,24,26). The largest absolute Gasteiger partial charge is 0.360 e. The molecule has 3 heterocycles. The molecule has 0 aliphatic carbocycles. The smallest absolute Gasteiger partial charge is 0.295 e. The summed E-state index contributed by atoms with van der Waals surface area (Å²) < 4.78 is 0. The molecule has 1 aliphatic heterocycles. The van der Waals surface area contributed by atoms with Gasteiger partial charge in [-0.15, -0.1) is 0 Å². The second kappa shape index (κ2) is 6.61. The van der Waals surface area contributed by atoms with Crippen LogP contribution in [0.1, 0.15) is 16.8 Å². The van der Waals surface area contributed by atoms with E-state index in [9.17, 15) is 10.1 Å². The Morgan fingerprint density at radius 3 is 2.72 bits per heavy atom. The summed E-state index contributed by atoms with van der Waals surface area (Å²) >= 11 is 6.47. The van der Waals surface area contributed by atoms with E-state index in [-0.39, 0.29) is 5.69 Å². The normalized spacial score (nSPS) is 13.3. The second-order valence-electron chi connectivity index (χ2n) is 6.43. The van der Waals surface area contributed by atoms with Crippen LogP contribution in [0.4, 0.5) is 11.4 Å². The van der Waals surface area contributed by atoms with Crippen LogP contribution in [-0.4, -0.2) is 25.8 Å². The van der Waals surface area contributed by atoms with Crippen molar-refractivity contribution in [1.29, 1.82) is 0 Å². The number of nitro groups is 1. The van der Waals surface area contributed by atoms with Crippen molar-refractivity contribution in [2.75, 3.05) is 5.32 Å². The minimum absolute atomic E-state index is 0.0823. The fraction of sp³-hybridized carbons (Fsp3) is 0. The highest BCUT2D eigenvalue weighted by Gasteiger charge is 2.26. The van der Waals surface area contributed by atoms with Crippen LogP contribution in [0.2, 0.25) is 5.02 Å². The zero-order valence-electron chi connectivity index (χ0n) is 14.8. The number of H-pyrrole nitrogens is 2. The van der Waals surface area contributed by atoms with Crippen molar-refractivity contribution in [2.45, 2.75) is 0 Å². The lowest BCUT2D eigenvalue weighted by molar-refractivity contribution is -0.383. The summed E-state index contributed by atoms with van der Waals surface area (Å²) in [7, 11) is 0. The molecular weight excluding hydrogens is 392 g/mol. The average molecular weight is 405 g/mol. The van der Waals surface area contributed by atoms with Gasteiger partial charge < -0.3 is 10.3 Å². The van der Waals surface area contributed by atoms with Gasteiger partial charge in [0.05, 0.1) is 33.6 Å². The number of aromatic amines is 2. The molecule has 0 radical (unpaired) electrons. The minimum atomic E-state index is -0.435. The van der Waals surface area contributed by atoms with E-state index in [1.165, 1.54) is 6.07 Å². The third kappa shape index (κ3) is 2.77. The molecule has 0 saturated carbocycles. The molecule has 0 amide bonds. The van der Waals surface area contributed by atoms with Crippen LogP contribution in [0.5, 0.6) is 0 Å². The van der Waals surface area contributed by atoms with E-state index >= 15 is 0 Å². The van der Waals surface area contributed by atoms with Gasteiger partial charge in [-0.05, 0) is 18.2 Å². The third-order valence-electron chi connectivity index (χ3n) is 4.76. The first-order valence-electron chi connectivity index (χ1n) is 8.72. The number of anilines is 1. The van der Waals surface area contributed by atoms with E-state index in [4.69, 9.17) is 16.6 Å². The molecule has 8 nitrogen and oxygen atoms in total. The van der Waals surface area contributed by atoms with Gasteiger partial charge in [-0.25, -0.2) is 4.99 Å². The maximum Gasteiger partial charge on any atom is 0.295 e. The van der Waals surface area contributed by atoms with Gasteiger partial charge >= 0.3 is 0 Å². The number of aliphatic imine (C=N–C) groups is 1. The zero-order chi connectivity index (χ0) is 20.0. The van der Waals surface area contributed by atoms with Crippen LogP contribution < -0.4 is 5.32 Å². The van der Waals surface area contributed by atoms with Gasteiger partial charge in [0.2, 0.25) is 0 Å². The number of nitrogens with one attached hydrogen (secondary N) is 3. The van der Waals surface area contributed by atoms with Gasteiger partial charge in [-0.3, -0.25) is 15.2 Å². The van der Waals surface area contributed by atoms with Crippen molar-refractivity contribution >= 4 is 45.3 Å². The van der Waals surface area contributed by atoms with Crippen LogP contribution in [0.25, 0.3) is 16.6 Å². The Balaban J connectivity index is 1.85. The Hall–Kier alpha value is -3.91. The Morgan fingerprint density at radius 2 is 1.97 bits per heavy atom. The molecule has 2 aromatic heterocycles. The molecule has 2 aromatic carbocycles. The van der Waals surface area contributed by atoms with E-state index in [1.807, 2.05) is 30.3 Å². The molecule has 142 valence electrons. The maximum atomic E-state index is 11.7. The molecular formula is C20H13ClN6O2. The summed E-state index contributed by atoms with van der Waals surface area (Å²) in [6.45, 7) is 0. The highest BCUT2D eigenvalue weighted by molar-refractivity contribution is 6.36. The Labute approximate surface area is 169 Å². The molecule has 0 unspecified atom stereocenters. The van der Waals surface area contributed by atoms with Crippen LogP contribution >= 0.6 is 11.6 Å². The molecule has 29 heavy (non-hydrogen) atoms. The van der Waals surface area contributed by atoms with Gasteiger partial charge in [0.1, 0.15) is 11.2 Å². The predicted molar refractivity (Wildman–Crippen MR) is 112 cm³/mol. The van der Waals surface area contributed by atoms with Crippen molar-refractivity contribution in [2.24, 2.45) is 4.99 Å². The van der Waals surface area contributed by atoms with Gasteiger partial charge in [0.15, 0.2) is 0 Å². The van der Waals surface area contributed by atoms with E-state index in [0.717, 1.165) is 5.69 Å². The topological polar surface area (TPSA) is 112 Å². The fourth-order valence-electron chi connectivity index (χ4n) is 3.42. The van der Waals surface area contributed by atoms with Gasteiger partial charge in [0.25, 0.3) is 5.69 Å². The first kappa shape index (κ1) is 17.2. The average Bonchev–Trinajstić information content (AvgIpc) is 3.38. The molecule has 0 saturated heterocycles. The van der Waals surface area contributed by atoms with Crippen LogP contribution in [0.3, 0.4) is 0 Å². The number of fused-ring (bicyclic) bond motifs is 3. The number of nitro benzene ring substituents is 1. The first-order chi connectivity index (χ1) is 14.1. The Kier molecular flexibility index (Phi) is 3.92. The van der Waals surface area contributed by atoms with Crippen molar-refractivity contribution in [1.82, 2.24) is 15.2 Å². The highest BCUT2D eigenvalue weighted by Crippen LogP contribution is 2.38. The molecule has 0 bridgehead atoms. The molecule has 0 spiro atoms. The van der Waals surface area contributed by atoms with Crippen molar-refractivity contribution in [3.8, 4) is 0 Å². The van der Waals surface area contributed by atoms with Crippen molar-refractivity contribution < 1.29 is 4.92 Å². The molecule has 1 aliphatic rings. The number of nitrogens with zero attached hydrogens (tertiary/aromatic N) is 3. The van der Waals surface area contributed by atoms with E-state index < -0.39 is 4.92 Å². The summed E-state index contributed by atoms with van der Waals surface area (Å²) in [6, 6.07) is 12.5. The lowest BCUT2D eigenvalue weighted by atomic mass is 9.97. The van der Waals surface area contributed by atoms with Gasteiger partial charge in [-0.1, -0.05) is 29.8 Å². The Morgan fingerprint density at radius 1 is 1.10 bits per heavy atom. The quantitative estimate of drug-likeness (QED) is 0.339. The van der Waals surface area contributed by atoms with E-state index in [0.29, 0.717) is 44.1 Å². The molecule has 5 rings (SSSR count). The summed E-state index contributed by atoms with van der Waals surface area (Å²) in [5, 5.41) is 22.8. The Bertz CT molecular complexity index is 1320. The van der Waals surface area contributed by atoms with Crippen LogP contribution in [0.15, 0.2) is 66.1 Å². The number of hydrogen-bond acceptors (Lipinski definition) is 5. The number of halogens is 1. The summed E-state index contributed by atoms with van der Waals surface area (Å²) in [6.07, 6.45) is 5.12. The minimum Gasteiger partial charge on any atom is -0.360 e. The number of hydrogen-bond donors (Lipinski definition) is 3. The fourth-order valence-corrected chi connectivity index (χ4v) is 3.65. The van der Waals surface area contributed by atoms with Gasteiger partial charge in [-0.2, -0.15) is 5.10 Å². The number of rotatable bonds is 3. The molecule has 4 aromatic rings. The van der Waals surface area contributed by atoms with Crippen LogP contribution in [0, 0.1) is 10.1 Å². The lowest BCUT2D eigenvalue weighted by Gasteiger charge is -2.12. The number of benzene rings is 2. The third-order valence-corrected chi connectivity index (χ3v) is 5.08. The summed E-state index contributed by atoms with van der Waals surface area (Å²) in [4.78, 5) is 19.2. The van der Waals surface area contributed by atoms with Crippen molar-refractivity contribution in [3.63, 3.8) is 0 Å². The lowest BCUT2D eigenvalue weighted by Crippen LogP contribution is -2.07.